The van der Waals surface area contributed by atoms with Crippen molar-refractivity contribution in [2.24, 2.45) is 11.8 Å². The highest BCUT2D eigenvalue weighted by molar-refractivity contribution is 5.92. The number of nitrogens with one attached hydrogen (secondary N) is 2. The van der Waals surface area contributed by atoms with E-state index >= 15 is 0 Å². The van der Waals surface area contributed by atoms with E-state index in [0.717, 1.165) is 17.3 Å². The number of nitrogens with zero attached hydrogens (tertiary/aromatic N) is 4. The summed E-state index contributed by atoms with van der Waals surface area (Å²) in [7, 11) is 0. The number of anilines is 1. The van der Waals surface area contributed by atoms with E-state index in [2.05, 4.69) is 15.5 Å². The number of hydrogen-bond donors (Lipinski definition) is 2. The minimum Gasteiger partial charge on any atom is -0.381 e. The summed E-state index contributed by atoms with van der Waals surface area (Å²) in [5.74, 6) is 1.41. The van der Waals surface area contributed by atoms with Gasteiger partial charge in [0.2, 0.25) is 11.8 Å². The largest absolute Gasteiger partial charge is 0.381 e. The Bertz CT molecular complexity index is 1020. The highest BCUT2D eigenvalue weighted by Gasteiger charge is 2.37. The van der Waals surface area contributed by atoms with Crippen LogP contribution in [-0.4, -0.2) is 76.6 Å². The van der Waals surface area contributed by atoms with Gasteiger partial charge in [0.25, 0.3) is 0 Å². The van der Waals surface area contributed by atoms with E-state index in [-0.39, 0.29) is 29.8 Å². The van der Waals surface area contributed by atoms with Crippen LogP contribution in [0.25, 0.3) is 10.9 Å². The number of amides is 2. The van der Waals surface area contributed by atoms with Crippen LogP contribution in [-0.2, 0) is 20.9 Å². The third kappa shape index (κ3) is 4.02. The van der Waals surface area contributed by atoms with Crippen molar-refractivity contribution in [1.82, 2.24) is 25.1 Å². The molecule has 1 aromatic carbocycles. The van der Waals surface area contributed by atoms with Crippen LogP contribution in [0.15, 0.2) is 24.3 Å². The van der Waals surface area contributed by atoms with Gasteiger partial charge in [-0.15, -0.1) is 0 Å². The van der Waals surface area contributed by atoms with Crippen LogP contribution >= 0.6 is 0 Å². The number of carbonyl (C=O) groups excluding carboxylic acids is 2. The first-order valence-corrected chi connectivity index (χ1v) is 11.4. The topological polar surface area (TPSA) is 99.7 Å². The van der Waals surface area contributed by atoms with Gasteiger partial charge in [0, 0.05) is 25.1 Å². The quantitative estimate of drug-likeness (QED) is 0.727. The van der Waals surface area contributed by atoms with E-state index in [1.165, 1.54) is 0 Å². The second-order valence-corrected chi connectivity index (χ2v) is 9.21. The molecule has 2 saturated heterocycles. The van der Waals surface area contributed by atoms with Crippen LogP contribution in [0, 0.1) is 11.8 Å². The second-order valence-electron chi connectivity index (χ2n) is 9.21. The van der Waals surface area contributed by atoms with E-state index in [9.17, 15) is 9.59 Å². The zero-order valence-corrected chi connectivity index (χ0v) is 18.6. The first kappa shape index (κ1) is 21.1. The number of hydrogen-bond acceptors (Lipinski definition) is 7. The predicted molar refractivity (Wildman–Crippen MR) is 120 cm³/mol. The molecule has 3 aliphatic rings. The molecule has 9 nitrogen and oxygen atoms in total. The Morgan fingerprint density at radius 1 is 1.19 bits per heavy atom. The van der Waals surface area contributed by atoms with Crippen LogP contribution in [0.3, 0.4) is 0 Å². The first-order valence-electron chi connectivity index (χ1n) is 11.4. The molecule has 1 aromatic heterocycles. The highest BCUT2D eigenvalue weighted by atomic mass is 16.5. The molecule has 3 atom stereocenters. The lowest BCUT2D eigenvalue weighted by Crippen LogP contribution is -2.63. The van der Waals surface area contributed by atoms with Crippen molar-refractivity contribution in [2.45, 2.75) is 39.0 Å². The van der Waals surface area contributed by atoms with E-state index in [1.807, 2.05) is 43.0 Å². The summed E-state index contributed by atoms with van der Waals surface area (Å²) in [6.07, 6.45) is 0.477. The van der Waals surface area contributed by atoms with E-state index in [0.29, 0.717) is 51.0 Å². The average Bonchev–Trinajstić information content (AvgIpc) is 3.32. The van der Waals surface area contributed by atoms with Gasteiger partial charge in [0.1, 0.15) is 23.8 Å². The normalized spacial score (nSPS) is 26.5. The molecule has 0 spiro atoms. The molecule has 2 aromatic rings. The summed E-state index contributed by atoms with van der Waals surface area (Å²) in [4.78, 5) is 39.9. The van der Waals surface area contributed by atoms with Gasteiger partial charge in [0.05, 0.1) is 31.1 Å². The van der Waals surface area contributed by atoms with Crippen LogP contribution < -0.4 is 10.6 Å². The van der Waals surface area contributed by atoms with Gasteiger partial charge in [-0.1, -0.05) is 26.0 Å². The van der Waals surface area contributed by atoms with Gasteiger partial charge in [-0.05, 0) is 24.5 Å². The van der Waals surface area contributed by atoms with Crippen molar-refractivity contribution in [3.63, 3.8) is 0 Å². The fraction of sp³-hybridized carbons (Fsp3) is 0.565. The Balaban J connectivity index is 1.47. The van der Waals surface area contributed by atoms with Crippen LogP contribution in [0.4, 0.5) is 5.82 Å². The van der Waals surface area contributed by atoms with Gasteiger partial charge < -0.3 is 20.3 Å². The van der Waals surface area contributed by atoms with Crippen LogP contribution in [0.1, 0.15) is 26.1 Å². The van der Waals surface area contributed by atoms with Gasteiger partial charge in [0.15, 0.2) is 0 Å². The molecule has 4 heterocycles. The lowest BCUT2D eigenvalue weighted by Gasteiger charge is -2.43. The number of fused-ring (bicyclic) bond motifs is 5. The minimum atomic E-state index is -0.449. The number of rotatable bonds is 2. The molecule has 2 N–H and O–H groups in total. The van der Waals surface area contributed by atoms with E-state index < -0.39 is 6.04 Å². The number of ether oxygens (including phenoxy) is 1. The fourth-order valence-electron chi connectivity index (χ4n) is 4.76. The molecule has 170 valence electrons. The van der Waals surface area contributed by atoms with Crippen molar-refractivity contribution >= 4 is 28.5 Å². The molecule has 5 rings (SSSR count). The maximum absolute atomic E-state index is 13.3. The minimum absolute atomic E-state index is 0.0528. The van der Waals surface area contributed by atoms with Crippen molar-refractivity contribution in [3.8, 4) is 0 Å². The molecule has 3 aliphatic heterocycles. The lowest BCUT2D eigenvalue weighted by molar-refractivity contribution is -0.141. The zero-order valence-electron chi connectivity index (χ0n) is 18.6. The Morgan fingerprint density at radius 2 is 2.03 bits per heavy atom. The van der Waals surface area contributed by atoms with Crippen molar-refractivity contribution in [3.05, 3.63) is 30.1 Å². The smallest absolute Gasteiger partial charge is 0.244 e. The third-order valence-electron chi connectivity index (χ3n) is 6.63. The second kappa shape index (κ2) is 8.63. The fourth-order valence-corrected chi connectivity index (χ4v) is 4.76. The van der Waals surface area contributed by atoms with Crippen molar-refractivity contribution in [2.75, 3.05) is 38.2 Å². The van der Waals surface area contributed by atoms with Gasteiger partial charge >= 0.3 is 0 Å². The molecule has 9 heteroatoms. The Hall–Kier alpha value is -2.78. The predicted octanol–water partition coefficient (Wildman–Crippen LogP) is 1.20. The molecule has 0 aliphatic carbocycles. The summed E-state index contributed by atoms with van der Waals surface area (Å²) >= 11 is 0. The molecule has 2 amide bonds. The maximum Gasteiger partial charge on any atom is 0.244 e. The summed E-state index contributed by atoms with van der Waals surface area (Å²) in [5, 5.41) is 7.48. The number of piperazine rings is 1. The molecule has 2 unspecified atom stereocenters. The van der Waals surface area contributed by atoms with Crippen molar-refractivity contribution < 1.29 is 14.3 Å². The Kier molecular flexibility index (Phi) is 5.69. The number of aromatic nitrogens is 2. The monoisotopic (exact) mass is 438 g/mol. The molecule has 2 fully saturated rings. The zero-order chi connectivity index (χ0) is 22.2. The molecular weight excluding hydrogens is 408 g/mol. The number of carbonyl (C=O) groups is 2. The number of benzene rings is 1. The van der Waals surface area contributed by atoms with Crippen LogP contribution in [0.2, 0.25) is 0 Å². The summed E-state index contributed by atoms with van der Waals surface area (Å²) in [5.41, 5.74) is 0.857. The molecule has 0 saturated carbocycles. The van der Waals surface area contributed by atoms with Gasteiger partial charge in [-0.3, -0.25) is 14.5 Å². The Labute approximate surface area is 187 Å². The standard InChI is InChI=1S/C23H30N6O3/c1-14(2)20-22(30)26-19-12-29(23(31)15-7-10-32-13-15)9-8-28(19)11-18-24-17-6-4-3-5-16(17)21(25-18)27-20/h3-6,14-15,19-20H,7-13H2,1-2H3,(H,26,30)(H,24,25,27)/t15?,19?,20-/m0/s1. The van der Waals surface area contributed by atoms with E-state index in [1.54, 1.807) is 0 Å². The molecule has 32 heavy (non-hydrogen) atoms. The summed E-state index contributed by atoms with van der Waals surface area (Å²) < 4.78 is 5.41. The summed E-state index contributed by atoms with van der Waals surface area (Å²) in [6, 6.07) is 7.41. The van der Waals surface area contributed by atoms with Gasteiger partial charge in [-0.2, -0.15) is 0 Å². The average molecular weight is 439 g/mol. The molecule has 0 radical (unpaired) electrons. The third-order valence-corrected chi connectivity index (χ3v) is 6.63. The molecule has 2 bridgehead atoms. The Morgan fingerprint density at radius 3 is 2.81 bits per heavy atom. The summed E-state index contributed by atoms with van der Waals surface area (Å²) in [6.45, 7) is 7.38. The van der Waals surface area contributed by atoms with Gasteiger partial charge in [-0.25, -0.2) is 9.97 Å². The number of para-hydroxylation sites is 1. The highest BCUT2D eigenvalue weighted by Crippen LogP contribution is 2.25. The van der Waals surface area contributed by atoms with E-state index in [4.69, 9.17) is 14.7 Å². The maximum atomic E-state index is 13.3. The molecular formula is C23H30N6O3. The lowest BCUT2D eigenvalue weighted by atomic mass is 10.0. The SMILES string of the molecule is CC(C)[C@@H]1Nc2nc(nc3ccccc23)CN2CCN(C(=O)C3CCOC3)CC2NC1=O. The van der Waals surface area contributed by atoms with Crippen molar-refractivity contribution in [1.29, 1.82) is 0 Å². The van der Waals surface area contributed by atoms with Crippen LogP contribution in [0.5, 0.6) is 0 Å². The first-order chi connectivity index (χ1) is 15.5.